The van der Waals surface area contributed by atoms with Crippen molar-refractivity contribution in [2.24, 2.45) is 11.3 Å². The highest BCUT2D eigenvalue weighted by Gasteiger charge is 2.55. The molecule has 2 unspecified atom stereocenters. The average Bonchev–Trinajstić information content (AvgIpc) is 2.86. The highest BCUT2D eigenvalue weighted by molar-refractivity contribution is 5.94. The number of allylic oxidation sites excluding steroid dienone is 1. The van der Waals surface area contributed by atoms with Gasteiger partial charge in [-0.2, -0.15) is 0 Å². The quantitative estimate of drug-likeness (QED) is 0.482. The summed E-state index contributed by atoms with van der Waals surface area (Å²) >= 11 is 0. The molecule has 0 aromatic heterocycles. The minimum absolute atomic E-state index is 0.0575. The van der Waals surface area contributed by atoms with Gasteiger partial charge in [0.25, 0.3) is 0 Å². The number of carbonyl (C=O) groups excluding carboxylic acids is 2. The van der Waals surface area contributed by atoms with Crippen LogP contribution in [0.5, 0.6) is 0 Å². The molecule has 0 N–H and O–H groups in total. The molecule has 3 heteroatoms. The van der Waals surface area contributed by atoms with Crippen LogP contribution in [0.4, 0.5) is 0 Å². The van der Waals surface area contributed by atoms with Crippen LogP contribution in [0.15, 0.2) is 36.4 Å². The highest BCUT2D eigenvalue weighted by atomic mass is 16.5. The molecule has 2 aliphatic rings. The third-order valence-electron chi connectivity index (χ3n) is 4.58. The third kappa shape index (κ3) is 1.98. The number of ether oxygens (including phenoxy) is 1. The van der Waals surface area contributed by atoms with Crippen molar-refractivity contribution >= 4 is 11.8 Å². The SMILES string of the molecule is C=C1CC2COC(=O)C2(Cc2ccc(C(C)=O)cc2)C1. The van der Waals surface area contributed by atoms with Gasteiger partial charge in [0.05, 0.1) is 12.0 Å². The molecular formula is C17H18O3. The van der Waals surface area contributed by atoms with Crippen LogP contribution < -0.4 is 0 Å². The molecule has 3 rings (SSSR count). The van der Waals surface area contributed by atoms with E-state index in [0.29, 0.717) is 18.6 Å². The number of fused-ring (bicyclic) bond motifs is 1. The Balaban J connectivity index is 1.87. The topological polar surface area (TPSA) is 43.4 Å². The summed E-state index contributed by atoms with van der Waals surface area (Å²) < 4.78 is 5.27. The number of esters is 1. The zero-order valence-electron chi connectivity index (χ0n) is 11.6. The van der Waals surface area contributed by atoms with Crippen molar-refractivity contribution in [1.29, 1.82) is 0 Å². The summed E-state index contributed by atoms with van der Waals surface area (Å²) in [6, 6.07) is 7.53. The van der Waals surface area contributed by atoms with E-state index in [1.165, 1.54) is 0 Å². The largest absolute Gasteiger partial charge is 0.465 e. The van der Waals surface area contributed by atoms with E-state index in [9.17, 15) is 9.59 Å². The Bertz CT molecular complexity index is 585. The van der Waals surface area contributed by atoms with Crippen LogP contribution in [0.25, 0.3) is 0 Å². The van der Waals surface area contributed by atoms with E-state index in [4.69, 9.17) is 4.74 Å². The Hall–Kier alpha value is -1.90. The molecule has 1 aliphatic carbocycles. The molecule has 1 aliphatic heterocycles. The minimum atomic E-state index is -0.422. The number of benzene rings is 1. The Morgan fingerprint density at radius 2 is 2.10 bits per heavy atom. The molecule has 1 saturated carbocycles. The molecule has 1 saturated heterocycles. The molecular weight excluding hydrogens is 252 g/mol. The van der Waals surface area contributed by atoms with Crippen molar-refractivity contribution in [2.75, 3.05) is 6.61 Å². The maximum atomic E-state index is 12.2. The van der Waals surface area contributed by atoms with Gasteiger partial charge in [0.2, 0.25) is 0 Å². The number of carbonyl (C=O) groups is 2. The van der Waals surface area contributed by atoms with E-state index < -0.39 is 5.41 Å². The number of hydrogen-bond donors (Lipinski definition) is 0. The van der Waals surface area contributed by atoms with Gasteiger partial charge in [-0.05, 0) is 31.7 Å². The van der Waals surface area contributed by atoms with E-state index in [-0.39, 0.29) is 17.7 Å². The summed E-state index contributed by atoms with van der Waals surface area (Å²) in [5.41, 5.74) is 2.50. The minimum Gasteiger partial charge on any atom is -0.465 e. The molecule has 104 valence electrons. The first kappa shape index (κ1) is 13.1. The average molecular weight is 270 g/mol. The van der Waals surface area contributed by atoms with Gasteiger partial charge in [-0.1, -0.05) is 36.4 Å². The number of ketones is 1. The Kier molecular flexibility index (Phi) is 3.00. The highest BCUT2D eigenvalue weighted by Crippen LogP contribution is 2.52. The predicted molar refractivity (Wildman–Crippen MR) is 75.4 cm³/mol. The van der Waals surface area contributed by atoms with E-state index in [1.54, 1.807) is 6.92 Å². The number of hydrogen-bond acceptors (Lipinski definition) is 3. The van der Waals surface area contributed by atoms with Crippen molar-refractivity contribution < 1.29 is 14.3 Å². The lowest BCUT2D eigenvalue weighted by Gasteiger charge is -2.24. The first-order valence-electron chi connectivity index (χ1n) is 6.95. The predicted octanol–water partition coefficient (Wildman–Crippen LogP) is 2.94. The number of Topliss-reactive ketones (excluding diaryl/α,β-unsaturated/α-hetero) is 1. The third-order valence-corrected chi connectivity index (χ3v) is 4.58. The summed E-state index contributed by atoms with van der Waals surface area (Å²) in [5.74, 6) is 0.230. The standard InChI is InChI=1S/C17H18O3/c1-11-7-15-10-20-16(19)17(15,8-11)9-13-3-5-14(6-4-13)12(2)18/h3-6,15H,1,7-10H2,2H3. The van der Waals surface area contributed by atoms with Crippen LogP contribution in [0.2, 0.25) is 0 Å². The maximum absolute atomic E-state index is 12.2. The molecule has 20 heavy (non-hydrogen) atoms. The van der Waals surface area contributed by atoms with Gasteiger partial charge < -0.3 is 4.74 Å². The molecule has 1 aromatic rings. The Morgan fingerprint density at radius 3 is 2.75 bits per heavy atom. The van der Waals surface area contributed by atoms with Gasteiger partial charge >= 0.3 is 5.97 Å². The molecule has 0 spiro atoms. The Labute approximate surface area is 118 Å². The lowest BCUT2D eigenvalue weighted by Crippen LogP contribution is -2.31. The van der Waals surface area contributed by atoms with Crippen LogP contribution in [0, 0.1) is 11.3 Å². The summed E-state index contributed by atoms with van der Waals surface area (Å²) in [4.78, 5) is 23.5. The van der Waals surface area contributed by atoms with Crippen molar-refractivity contribution in [3.05, 3.63) is 47.5 Å². The van der Waals surface area contributed by atoms with Gasteiger partial charge in [-0.15, -0.1) is 0 Å². The second-order valence-corrected chi connectivity index (χ2v) is 6.01. The van der Waals surface area contributed by atoms with Crippen LogP contribution in [0.3, 0.4) is 0 Å². The maximum Gasteiger partial charge on any atom is 0.313 e. The molecule has 0 radical (unpaired) electrons. The van der Waals surface area contributed by atoms with Crippen LogP contribution in [-0.4, -0.2) is 18.4 Å². The van der Waals surface area contributed by atoms with Crippen LogP contribution in [-0.2, 0) is 16.0 Å². The fourth-order valence-electron chi connectivity index (χ4n) is 3.48. The van der Waals surface area contributed by atoms with Gasteiger partial charge in [0, 0.05) is 11.5 Å². The van der Waals surface area contributed by atoms with E-state index in [1.807, 2.05) is 24.3 Å². The first-order valence-corrected chi connectivity index (χ1v) is 6.95. The fraction of sp³-hybridized carbons (Fsp3) is 0.412. The summed E-state index contributed by atoms with van der Waals surface area (Å²) in [7, 11) is 0. The fourth-order valence-corrected chi connectivity index (χ4v) is 3.48. The lowest BCUT2D eigenvalue weighted by atomic mass is 9.75. The van der Waals surface area contributed by atoms with Crippen molar-refractivity contribution in [2.45, 2.75) is 26.2 Å². The van der Waals surface area contributed by atoms with Crippen molar-refractivity contribution in [1.82, 2.24) is 0 Å². The first-order chi connectivity index (χ1) is 9.51. The lowest BCUT2D eigenvalue weighted by molar-refractivity contribution is -0.146. The van der Waals surface area contributed by atoms with Crippen LogP contribution >= 0.6 is 0 Å². The Morgan fingerprint density at radius 1 is 1.40 bits per heavy atom. The summed E-state index contributed by atoms with van der Waals surface area (Å²) in [6.45, 7) is 6.11. The van der Waals surface area contributed by atoms with E-state index in [0.717, 1.165) is 24.0 Å². The zero-order chi connectivity index (χ0) is 14.3. The van der Waals surface area contributed by atoms with Crippen molar-refractivity contribution in [3.8, 4) is 0 Å². The molecule has 0 amide bonds. The molecule has 2 fully saturated rings. The van der Waals surface area contributed by atoms with Gasteiger partial charge in [0.15, 0.2) is 5.78 Å². The van der Waals surface area contributed by atoms with Crippen molar-refractivity contribution in [3.63, 3.8) is 0 Å². The molecule has 3 nitrogen and oxygen atoms in total. The molecule has 0 bridgehead atoms. The molecule has 1 heterocycles. The normalized spacial score (nSPS) is 28.4. The van der Waals surface area contributed by atoms with Gasteiger partial charge in [0.1, 0.15) is 0 Å². The van der Waals surface area contributed by atoms with E-state index in [2.05, 4.69) is 6.58 Å². The smallest absolute Gasteiger partial charge is 0.313 e. The molecule has 2 atom stereocenters. The summed E-state index contributed by atoms with van der Waals surface area (Å²) in [5, 5.41) is 0. The van der Waals surface area contributed by atoms with E-state index >= 15 is 0 Å². The monoisotopic (exact) mass is 270 g/mol. The van der Waals surface area contributed by atoms with Crippen LogP contribution in [0.1, 0.15) is 35.7 Å². The van der Waals surface area contributed by atoms with Gasteiger partial charge in [-0.3, -0.25) is 9.59 Å². The zero-order valence-corrected chi connectivity index (χ0v) is 11.6. The second-order valence-electron chi connectivity index (χ2n) is 6.01. The number of rotatable bonds is 3. The summed E-state index contributed by atoms with van der Waals surface area (Å²) in [6.07, 6.45) is 2.29. The number of cyclic esters (lactones) is 1. The second kappa shape index (κ2) is 4.58. The molecule has 1 aromatic carbocycles. The van der Waals surface area contributed by atoms with Gasteiger partial charge in [-0.25, -0.2) is 0 Å².